The van der Waals surface area contributed by atoms with Crippen molar-refractivity contribution < 1.29 is 0 Å². The van der Waals surface area contributed by atoms with Crippen LogP contribution in [-0.4, -0.2) is 47.6 Å². The van der Waals surface area contributed by atoms with Gasteiger partial charge in [0.1, 0.15) is 4.99 Å². The fraction of sp³-hybridized carbons (Fsp3) is 0.500. The summed E-state index contributed by atoms with van der Waals surface area (Å²) in [5.74, 6) is 0. The molecule has 0 radical (unpaired) electrons. The number of rotatable bonds is 3. The Labute approximate surface area is 107 Å². The van der Waals surface area contributed by atoms with Crippen molar-refractivity contribution in [2.24, 2.45) is 5.73 Å². The second-order valence-corrected chi connectivity index (χ2v) is 4.62. The van der Waals surface area contributed by atoms with Crippen LogP contribution in [0.5, 0.6) is 0 Å². The van der Waals surface area contributed by atoms with Crippen LogP contribution in [0.3, 0.4) is 0 Å². The SMILES string of the molecule is CCN1CCN(c2ccnc(C(N)=S)c2)CC1. The van der Waals surface area contributed by atoms with Crippen LogP contribution in [-0.2, 0) is 0 Å². The van der Waals surface area contributed by atoms with Crippen LogP contribution >= 0.6 is 12.2 Å². The van der Waals surface area contributed by atoms with Gasteiger partial charge in [-0.25, -0.2) is 0 Å². The molecule has 1 saturated heterocycles. The number of thiocarbonyl (C=S) groups is 1. The number of pyridine rings is 1. The minimum Gasteiger partial charge on any atom is -0.388 e. The standard InChI is InChI=1S/C12H18N4S/c1-2-15-5-7-16(8-6-15)10-3-4-14-11(9-10)12(13)17/h3-4,9H,2,5-8H2,1H3,(H2,13,17). The lowest BCUT2D eigenvalue weighted by Crippen LogP contribution is -2.46. The Morgan fingerprint density at radius 3 is 2.71 bits per heavy atom. The molecule has 0 atom stereocenters. The van der Waals surface area contributed by atoms with Gasteiger partial charge in [0.15, 0.2) is 0 Å². The summed E-state index contributed by atoms with van der Waals surface area (Å²) in [6, 6.07) is 3.99. The number of likely N-dealkylation sites (N-methyl/N-ethyl adjacent to an activating group) is 1. The van der Waals surface area contributed by atoms with Gasteiger partial charge in [-0.1, -0.05) is 19.1 Å². The van der Waals surface area contributed by atoms with E-state index >= 15 is 0 Å². The Balaban J connectivity index is 2.08. The summed E-state index contributed by atoms with van der Waals surface area (Å²) in [7, 11) is 0. The Kier molecular flexibility index (Phi) is 3.91. The first-order chi connectivity index (χ1) is 8.20. The van der Waals surface area contributed by atoms with E-state index in [2.05, 4.69) is 21.7 Å². The Morgan fingerprint density at radius 1 is 1.41 bits per heavy atom. The van der Waals surface area contributed by atoms with E-state index in [0.717, 1.165) is 32.7 Å². The second kappa shape index (κ2) is 5.42. The molecule has 1 aromatic heterocycles. The maximum absolute atomic E-state index is 5.60. The summed E-state index contributed by atoms with van der Waals surface area (Å²) < 4.78 is 0. The monoisotopic (exact) mass is 250 g/mol. The number of anilines is 1. The average Bonchev–Trinajstić information content (AvgIpc) is 2.39. The Hall–Kier alpha value is -1.20. The number of nitrogens with zero attached hydrogens (tertiary/aromatic N) is 3. The molecule has 1 aliphatic rings. The molecule has 0 bridgehead atoms. The van der Waals surface area contributed by atoms with Crippen LogP contribution in [0.4, 0.5) is 5.69 Å². The first-order valence-electron chi connectivity index (χ1n) is 5.94. The van der Waals surface area contributed by atoms with Crippen LogP contribution in [0, 0.1) is 0 Å². The number of aromatic nitrogens is 1. The Bertz CT molecular complexity index is 399. The summed E-state index contributed by atoms with van der Waals surface area (Å²) in [6.07, 6.45) is 1.77. The predicted octanol–water partition coefficient (Wildman–Crippen LogP) is 0.858. The Morgan fingerprint density at radius 2 is 2.12 bits per heavy atom. The van der Waals surface area contributed by atoms with Gasteiger partial charge in [-0.3, -0.25) is 4.98 Å². The fourth-order valence-electron chi connectivity index (χ4n) is 2.07. The summed E-state index contributed by atoms with van der Waals surface area (Å²) >= 11 is 4.95. The minimum absolute atomic E-state index is 0.360. The fourth-order valence-corrected chi connectivity index (χ4v) is 2.18. The van der Waals surface area contributed by atoms with E-state index in [4.69, 9.17) is 18.0 Å². The van der Waals surface area contributed by atoms with Gasteiger partial charge in [0.05, 0.1) is 5.69 Å². The van der Waals surface area contributed by atoms with Crippen LogP contribution in [0.25, 0.3) is 0 Å². The van der Waals surface area contributed by atoms with Crippen LogP contribution in [0.2, 0.25) is 0 Å². The normalized spacial score (nSPS) is 17.1. The molecule has 0 aromatic carbocycles. The van der Waals surface area contributed by atoms with E-state index in [1.165, 1.54) is 5.69 Å². The average molecular weight is 250 g/mol. The van der Waals surface area contributed by atoms with Crippen molar-refractivity contribution >= 4 is 22.9 Å². The van der Waals surface area contributed by atoms with Crippen LogP contribution in [0.1, 0.15) is 12.6 Å². The molecular weight excluding hydrogens is 232 g/mol. The molecule has 17 heavy (non-hydrogen) atoms. The van der Waals surface area contributed by atoms with E-state index in [1.54, 1.807) is 6.20 Å². The summed E-state index contributed by atoms with van der Waals surface area (Å²) in [5.41, 5.74) is 7.47. The lowest BCUT2D eigenvalue weighted by atomic mass is 10.2. The molecule has 5 heteroatoms. The zero-order valence-corrected chi connectivity index (χ0v) is 10.9. The van der Waals surface area contributed by atoms with E-state index in [9.17, 15) is 0 Å². The smallest absolute Gasteiger partial charge is 0.122 e. The van der Waals surface area contributed by atoms with Gasteiger partial charge < -0.3 is 15.5 Å². The highest BCUT2D eigenvalue weighted by atomic mass is 32.1. The van der Waals surface area contributed by atoms with E-state index in [1.807, 2.05) is 12.1 Å². The van der Waals surface area contributed by atoms with Gasteiger partial charge in [-0.05, 0) is 18.7 Å². The number of hydrogen-bond acceptors (Lipinski definition) is 4. The third-order valence-electron chi connectivity index (χ3n) is 3.18. The molecular formula is C12H18N4S. The van der Waals surface area contributed by atoms with Crippen molar-refractivity contribution in [2.75, 3.05) is 37.6 Å². The second-order valence-electron chi connectivity index (χ2n) is 4.18. The van der Waals surface area contributed by atoms with Crippen molar-refractivity contribution in [2.45, 2.75) is 6.92 Å². The van der Waals surface area contributed by atoms with Crippen molar-refractivity contribution in [3.8, 4) is 0 Å². The summed E-state index contributed by atoms with van der Waals surface area (Å²) in [4.78, 5) is 9.33. The van der Waals surface area contributed by atoms with Gasteiger partial charge in [-0.2, -0.15) is 0 Å². The van der Waals surface area contributed by atoms with Crippen molar-refractivity contribution in [3.05, 3.63) is 24.0 Å². The molecule has 1 aromatic rings. The van der Waals surface area contributed by atoms with E-state index in [0.29, 0.717) is 10.7 Å². The first-order valence-corrected chi connectivity index (χ1v) is 6.34. The number of piperazine rings is 1. The predicted molar refractivity (Wildman–Crippen MR) is 74.5 cm³/mol. The van der Waals surface area contributed by atoms with Gasteiger partial charge >= 0.3 is 0 Å². The molecule has 0 amide bonds. The molecule has 1 aliphatic heterocycles. The van der Waals surface area contributed by atoms with Crippen molar-refractivity contribution in [1.82, 2.24) is 9.88 Å². The molecule has 2 N–H and O–H groups in total. The molecule has 4 nitrogen and oxygen atoms in total. The van der Waals surface area contributed by atoms with Gasteiger partial charge in [0.2, 0.25) is 0 Å². The van der Waals surface area contributed by atoms with E-state index < -0.39 is 0 Å². The number of hydrogen-bond donors (Lipinski definition) is 1. The quantitative estimate of drug-likeness (QED) is 0.806. The van der Waals surface area contributed by atoms with Gasteiger partial charge in [0.25, 0.3) is 0 Å². The van der Waals surface area contributed by atoms with Crippen molar-refractivity contribution in [1.29, 1.82) is 0 Å². The van der Waals surface area contributed by atoms with Crippen LogP contribution < -0.4 is 10.6 Å². The minimum atomic E-state index is 0.360. The molecule has 0 unspecified atom stereocenters. The third kappa shape index (κ3) is 2.92. The van der Waals surface area contributed by atoms with Gasteiger partial charge in [0, 0.05) is 38.1 Å². The highest BCUT2D eigenvalue weighted by Crippen LogP contribution is 2.16. The highest BCUT2D eigenvalue weighted by molar-refractivity contribution is 7.80. The first kappa shape index (κ1) is 12.3. The lowest BCUT2D eigenvalue weighted by molar-refractivity contribution is 0.271. The number of nitrogens with two attached hydrogens (primary N) is 1. The van der Waals surface area contributed by atoms with E-state index in [-0.39, 0.29) is 0 Å². The summed E-state index contributed by atoms with van der Waals surface area (Å²) in [6.45, 7) is 7.65. The highest BCUT2D eigenvalue weighted by Gasteiger charge is 2.16. The largest absolute Gasteiger partial charge is 0.388 e. The van der Waals surface area contributed by atoms with Crippen molar-refractivity contribution in [3.63, 3.8) is 0 Å². The van der Waals surface area contributed by atoms with Gasteiger partial charge in [-0.15, -0.1) is 0 Å². The molecule has 0 aliphatic carbocycles. The molecule has 0 spiro atoms. The molecule has 2 heterocycles. The third-order valence-corrected chi connectivity index (χ3v) is 3.39. The zero-order valence-electron chi connectivity index (χ0n) is 10.1. The molecule has 2 rings (SSSR count). The molecule has 0 saturated carbocycles. The zero-order chi connectivity index (χ0) is 12.3. The maximum Gasteiger partial charge on any atom is 0.122 e. The maximum atomic E-state index is 5.60. The summed E-state index contributed by atoms with van der Waals surface area (Å²) in [5, 5.41) is 0. The topological polar surface area (TPSA) is 45.4 Å². The molecule has 1 fully saturated rings. The molecule has 92 valence electrons. The van der Waals surface area contributed by atoms with Crippen LogP contribution in [0.15, 0.2) is 18.3 Å². The lowest BCUT2D eigenvalue weighted by Gasteiger charge is -2.35.